The third-order valence-electron chi connectivity index (χ3n) is 4.60. The van der Waals surface area contributed by atoms with Crippen molar-refractivity contribution >= 4 is 33.5 Å². The highest BCUT2D eigenvalue weighted by molar-refractivity contribution is 7.19. The molecule has 4 rings (SSSR count). The number of amides is 1. The van der Waals surface area contributed by atoms with Gasteiger partial charge in [0.15, 0.2) is 0 Å². The molecule has 1 aliphatic carbocycles. The van der Waals surface area contributed by atoms with Crippen LogP contribution in [-0.4, -0.2) is 17.4 Å². The zero-order valence-electron chi connectivity index (χ0n) is 13.5. The third-order valence-corrected chi connectivity index (χ3v) is 5.60. The van der Waals surface area contributed by atoms with Crippen LogP contribution in [0.25, 0.3) is 16.3 Å². The molecule has 0 unspecified atom stereocenters. The van der Waals surface area contributed by atoms with Gasteiger partial charge in [-0.3, -0.25) is 4.79 Å². The molecular formula is C20H17FN2OS. The van der Waals surface area contributed by atoms with Crippen molar-refractivity contribution < 1.29 is 9.18 Å². The van der Waals surface area contributed by atoms with Crippen molar-refractivity contribution in [3.05, 3.63) is 71.0 Å². The molecule has 1 heterocycles. The fourth-order valence-electron chi connectivity index (χ4n) is 2.95. The molecule has 1 fully saturated rings. The van der Waals surface area contributed by atoms with Gasteiger partial charge in [-0.25, -0.2) is 9.37 Å². The summed E-state index contributed by atoms with van der Waals surface area (Å²) in [6.45, 7) is 0.571. The molecule has 3 aromatic rings. The Balaban J connectivity index is 1.38. The zero-order valence-corrected chi connectivity index (χ0v) is 14.4. The van der Waals surface area contributed by atoms with Crippen molar-refractivity contribution in [2.24, 2.45) is 0 Å². The smallest absolute Gasteiger partial charge is 0.244 e. The van der Waals surface area contributed by atoms with Gasteiger partial charge in [-0.2, -0.15) is 0 Å². The molecule has 0 radical (unpaired) electrons. The number of nitrogens with zero attached hydrogens (tertiary/aromatic N) is 1. The lowest BCUT2D eigenvalue weighted by molar-refractivity contribution is -0.116. The van der Waals surface area contributed by atoms with Gasteiger partial charge < -0.3 is 5.32 Å². The highest BCUT2D eigenvalue weighted by Gasteiger charge is 2.44. The van der Waals surface area contributed by atoms with E-state index in [1.807, 2.05) is 36.4 Å². The molecule has 1 aliphatic rings. The maximum atomic E-state index is 13.1. The van der Waals surface area contributed by atoms with Crippen molar-refractivity contribution in [3.8, 4) is 0 Å². The van der Waals surface area contributed by atoms with E-state index in [-0.39, 0.29) is 17.1 Å². The Morgan fingerprint density at radius 1 is 1.20 bits per heavy atom. The monoisotopic (exact) mass is 352 g/mol. The van der Waals surface area contributed by atoms with Gasteiger partial charge in [-0.1, -0.05) is 24.3 Å². The summed E-state index contributed by atoms with van der Waals surface area (Å²) < 4.78 is 14.2. The van der Waals surface area contributed by atoms with Crippen LogP contribution >= 0.6 is 11.3 Å². The number of hydrogen-bond donors (Lipinski definition) is 1. The number of carbonyl (C=O) groups is 1. The van der Waals surface area contributed by atoms with E-state index < -0.39 is 0 Å². The number of halogens is 1. The molecule has 0 atom stereocenters. The highest BCUT2D eigenvalue weighted by Crippen LogP contribution is 2.47. The summed E-state index contributed by atoms with van der Waals surface area (Å²) in [7, 11) is 0. The number of rotatable bonds is 5. The van der Waals surface area contributed by atoms with E-state index in [1.54, 1.807) is 17.4 Å². The number of thiazole rings is 1. The van der Waals surface area contributed by atoms with E-state index in [9.17, 15) is 9.18 Å². The predicted molar refractivity (Wildman–Crippen MR) is 99.0 cm³/mol. The van der Waals surface area contributed by atoms with Crippen LogP contribution in [0.5, 0.6) is 0 Å². The molecule has 1 N–H and O–H groups in total. The van der Waals surface area contributed by atoms with Crippen LogP contribution in [0.3, 0.4) is 0 Å². The molecule has 0 saturated heterocycles. The fourth-order valence-corrected chi connectivity index (χ4v) is 3.82. The van der Waals surface area contributed by atoms with Crippen LogP contribution in [0.2, 0.25) is 0 Å². The third kappa shape index (κ3) is 3.46. The van der Waals surface area contributed by atoms with Crippen molar-refractivity contribution in [1.29, 1.82) is 0 Å². The number of nitrogens with one attached hydrogen (secondary N) is 1. The standard InChI is InChI=1S/C20H17FN2OS/c21-15-7-5-14(6-8-15)20(11-12-20)13-22-18(24)9-10-19-23-16-3-1-2-4-17(16)25-19/h1-10H,11-13H2,(H,22,24)/b10-9+. The van der Waals surface area contributed by atoms with E-state index in [4.69, 9.17) is 0 Å². The Kier molecular flexibility index (Phi) is 4.09. The van der Waals surface area contributed by atoms with E-state index >= 15 is 0 Å². The van der Waals surface area contributed by atoms with Gasteiger partial charge in [0.25, 0.3) is 0 Å². The quantitative estimate of drug-likeness (QED) is 0.696. The first-order valence-electron chi connectivity index (χ1n) is 8.22. The lowest BCUT2D eigenvalue weighted by atomic mass is 9.96. The number of aromatic nitrogens is 1. The molecule has 126 valence electrons. The van der Waals surface area contributed by atoms with E-state index in [0.29, 0.717) is 6.54 Å². The maximum Gasteiger partial charge on any atom is 0.244 e. The molecule has 1 saturated carbocycles. The van der Waals surface area contributed by atoms with Crippen molar-refractivity contribution in [3.63, 3.8) is 0 Å². The first-order valence-corrected chi connectivity index (χ1v) is 9.04. The summed E-state index contributed by atoms with van der Waals surface area (Å²) in [6.07, 6.45) is 5.30. The van der Waals surface area contributed by atoms with Crippen LogP contribution < -0.4 is 5.32 Å². The van der Waals surface area contributed by atoms with Crippen LogP contribution in [0.1, 0.15) is 23.4 Å². The van der Waals surface area contributed by atoms with Crippen molar-refractivity contribution in [2.75, 3.05) is 6.54 Å². The number of benzene rings is 2. The van der Waals surface area contributed by atoms with E-state index in [0.717, 1.165) is 33.6 Å². The molecular weight excluding hydrogens is 335 g/mol. The minimum Gasteiger partial charge on any atom is -0.352 e. The zero-order chi connectivity index (χ0) is 17.3. The summed E-state index contributed by atoms with van der Waals surface area (Å²) >= 11 is 1.56. The van der Waals surface area contributed by atoms with Gasteiger partial charge in [0.1, 0.15) is 10.8 Å². The number of hydrogen-bond acceptors (Lipinski definition) is 3. The second-order valence-electron chi connectivity index (χ2n) is 6.36. The van der Waals surface area contributed by atoms with Gasteiger partial charge in [0.05, 0.1) is 10.2 Å². The lowest BCUT2D eigenvalue weighted by Crippen LogP contribution is -2.31. The van der Waals surface area contributed by atoms with E-state index in [1.165, 1.54) is 18.2 Å². The van der Waals surface area contributed by atoms with Gasteiger partial charge in [0.2, 0.25) is 5.91 Å². The van der Waals surface area contributed by atoms with Crippen molar-refractivity contribution in [1.82, 2.24) is 10.3 Å². The number of carbonyl (C=O) groups excluding carboxylic acids is 1. The summed E-state index contributed by atoms with van der Waals surface area (Å²) in [5.74, 6) is -0.366. The van der Waals surface area contributed by atoms with Crippen molar-refractivity contribution in [2.45, 2.75) is 18.3 Å². The largest absolute Gasteiger partial charge is 0.352 e. The van der Waals surface area contributed by atoms with Crippen LogP contribution in [0.4, 0.5) is 4.39 Å². The van der Waals surface area contributed by atoms with Crippen LogP contribution in [0, 0.1) is 5.82 Å². The van der Waals surface area contributed by atoms with E-state index in [2.05, 4.69) is 10.3 Å². The second kappa shape index (κ2) is 6.41. The van der Waals surface area contributed by atoms with Gasteiger partial charge in [0, 0.05) is 18.0 Å². The molecule has 2 aromatic carbocycles. The normalized spacial score (nSPS) is 15.6. The lowest BCUT2D eigenvalue weighted by Gasteiger charge is -2.15. The molecule has 0 bridgehead atoms. The second-order valence-corrected chi connectivity index (χ2v) is 7.42. The summed E-state index contributed by atoms with van der Waals surface area (Å²) in [4.78, 5) is 16.6. The van der Waals surface area contributed by atoms with Gasteiger partial charge in [-0.05, 0) is 48.7 Å². The Hall–Kier alpha value is -2.53. The molecule has 25 heavy (non-hydrogen) atoms. The first kappa shape index (κ1) is 16.0. The maximum absolute atomic E-state index is 13.1. The topological polar surface area (TPSA) is 42.0 Å². The molecule has 1 amide bonds. The van der Waals surface area contributed by atoms with Gasteiger partial charge in [-0.15, -0.1) is 11.3 Å². The average molecular weight is 352 g/mol. The Labute approximate surface area is 149 Å². The Bertz CT molecular complexity index is 909. The first-order chi connectivity index (χ1) is 12.1. The van der Waals surface area contributed by atoms with Crippen LogP contribution in [-0.2, 0) is 10.2 Å². The minimum absolute atomic E-state index is 0.0347. The van der Waals surface area contributed by atoms with Crippen LogP contribution in [0.15, 0.2) is 54.6 Å². The summed E-state index contributed by atoms with van der Waals surface area (Å²) in [6, 6.07) is 14.5. The number of fused-ring (bicyclic) bond motifs is 1. The Morgan fingerprint density at radius 3 is 2.68 bits per heavy atom. The highest BCUT2D eigenvalue weighted by atomic mass is 32.1. The minimum atomic E-state index is -0.234. The number of para-hydroxylation sites is 1. The summed E-state index contributed by atoms with van der Waals surface area (Å²) in [5.41, 5.74) is 2.00. The van der Waals surface area contributed by atoms with Gasteiger partial charge >= 0.3 is 0 Å². The molecule has 5 heteroatoms. The summed E-state index contributed by atoms with van der Waals surface area (Å²) in [5, 5.41) is 3.78. The average Bonchev–Trinajstić information content (AvgIpc) is 3.30. The molecule has 0 aliphatic heterocycles. The predicted octanol–water partition coefficient (Wildman–Crippen LogP) is 4.30. The molecule has 1 aromatic heterocycles. The SMILES string of the molecule is O=C(/C=C/c1nc2ccccc2s1)NCC1(c2ccc(F)cc2)CC1. The molecule has 3 nitrogen and oxygen atoms in total. The fraction of sp³-hybridized carbons (Fsp3) is 0.200. The Morgan fingerprint density at radius 2 is 1.96 bits per heavy atom. The molecule has 0 spiro atoms.